The number of nitrogens with zero attached hydrogens (tertiary/aromatic N) is 2. The second kappa shape index (κ2) is 4.09. The molecule has 0 aromatic carbocycles. The molecule has 4 aliphatic carbocycles. The van der Waals surface area contributed by atoms with Gasteiger partial charge in [-0.2, -0.15) is 4.98 Å². The fourth-order valence-corrected chi connectivity index (χ4v) is 5.23. The van der Waals surface area contributed by atoms with Crippen LogP contribution in [0.4, 0.5) is 11.8 Å². The maximum absolute atomic E-state index is 5.70. The van der Waals surface area contributed by atoms with Crippen LogP contribution in [0.3, 0.4) is 0 Å². The van der Waals surface area contributed by atoms with Crippen LogP contribution >= 0.6 is 0 Å². The van der Waals surface area contributed by atoms with E-state index in [2.05, 4.69) is 15.3 Å². The number of nitrogens with one attached hydrogen (secondary N) is 1. The molecule has 4 nitrogen and oxygen atoms in total. The Bertz CT molecular complexity index is 450. The minimum Gasteiger partial charge on any atom is -0.384 e. The lowest BCUT2D eigenvalue weighted by molar-refractivity contribution is -0.0445. The molecule has 0 atom stereocenters. The van der Waals surface area contributed by atoms with Gasteiger partial charge in [-0.25, -0.2) is 4.98 Å². The van der Waals surface area contributed by atoms with Crippen molar-refractivity contribution in [3.63, 3.8) is 0 Å². The van der Waals surface area contributed by atoms with Gasteiger partial charge in [-0.05, 0) is 67.8 Å². The summed E-state index contributed by atoms with van der Waals surface area (Å²) in [4.78, 5) is 8.50. The van der Waals surface area contributed by atoms with Gasteiger partial charge in [-0.3, -0.25) is 0 Å². The number of hydrogen-bond acceptors (Lipinski definition) is 4. The van der Waals surface area contributed by atoms with Crippen molar-refractivity contribution in [2.45, 2.75) is 38.5 Å². The quantitative estimate of drug-likeness (QED) is 0.875. The van der Waals surface area contributed by atoms with E-state index in [1.165, 1.54) is 38.5 Å². The van der Waals surface area contributed by atoms with E-state index in [0.29, 0.717) is 17.2 Å². The summed E-state index contributed by atoms with van der Waals surface area (Å²) in [7, 11) is 0. The average molecular weight is 258 g/mol. The van der Waals surface area contributed by atoms with Crippen molar-refractivity contribution in [2.75, 3.05) is 17.6 Å². The fourth-order valence-electron chi connectivity index (χ4n) is 5.23. The topological polar surface area (TPSA) is 63.8 Å². The maximum Gasteiger partial charge on any atom is 0.224 e. The SMILES string of the molecule is Nc1ccnc(NCC23CC4CC(CC(C4)C2)C3)n1. The molecule has 3 N–H and O–H groups in total. The summed E-state index contributed by atoms with van der Waals surface area (Å²) in [5.74, 6) is 4.22. The molecule has 0 radical (unpaired) electrons. The molecule has 1 heterocycles. The number of rotatable bonds is 3. The van der Waals surface area contributed by atoms with Crippen LogP contribution in [0.1, 0.15) is 38.5 Å². The Balaban J connectivity index is 1.48. The minimum absolute atomic E-state index is 0.517. The third kappa shape index (κ3) is 2.07. The van der Waals surface area contributed by atoms with Crippen molar-refractivity contribution in [3.8, 4) is 0 Å². The van der Waals surface area contributed by atoms with Crippen LogP contribution in [0.25, 0.3) is 0 Å². The molecule has 0 spiro atoms. The van der Waals surface area contributed by atoms with E-state index in [0.717, 1.165) is 24.3 Å². The van der Waals surface area contributed by atoms with Crippen molar-refractivity contribution in [1.29, 1.82) is 0 Å². The van der Waals surface area contributed by atoms with Gasteiger partial charge in [0.1, 0.15) is 5.82 Å². The van der Waals surface area contributed by atoms with Gasteiger partial charge in [0.05, 0.1) is 0 Å². The van der Waals surface area contributed by atoms with E-state index in [9.17, 15) is 0 Å². The molecular weight excluding hydrogens is 236 g/mol. The molecular formula is C15H22N4. The van der Waals surface area contributed by atoms with Crippen molar-refractivity contribution in [1.82, 2.24) is 9.97 Å². The first-order chi connectivity index (χ1) is 9.21. The fraction of sp³-hybridized carbons (Fsp3) is 0.733. The monoisotopic (exact) mass is 258 g/mol. The Morgan fingerprint density at radius 2 is 1.79 bits per heavy atom. The minimum atomic E-state index is 0.517. The standard InChI is InChI=1S/C15H22N4/c16-13-1-2-17-14(19-13)18-9-15-6-10-3-11(7-15)5-12(4-10)8-15/h1-2,10-12H,3-9H2,(H3,16,17,18,19). The van der Waals surface area contributed by atoms with Crippen molar-refractivity contribution in [3.05, 3.63) is 12.3 Å². The van der Waals surface area contributed by atoms with Crippen LogP contribution in [0.15, 0.2) is 12.3 Å². The van der Waals surface area contributed by atoms with Crippen LogP contribution in [0, 0.1) is 23.2 Å². The molecule has 4 aliphatic rings. The Hall–Kier alpha value is -1.32. The van der Waals surface area contributed by atoms with Crippen LogP contribution in [0.5, 0.6) is 0 Å². The van der Waals surface area contributed by atoms with Gasteiger partial charge in [0.15, 0.2) is 0 Å². The largest absolute Gasteiger partial charge is 0.384 e. The predicted octanol–water partition coefficient (Wildman–Crippen LogP) is 2.69. The highest BCUT2D eigenvalue weighted by molar-refractivity contribution is 5.35. The number of hydrogen-bond donors (Lipinski definition) is 2. The van der Waals surface area contributed by atoms with Gasteiger partial charge >= 0.3 is 0 Å². The average Bonchev–Trinajstić information content (AvgIpc) is 2.35. The molecule has 1 aromatic rings. The van der Waals surface area contributed by atoms with Crippen LogP contribution in [-0.4, -0.2) is 16.5 Å². The number of anilines is 2. The van der Waals surface area contributed by atoms with Gasteiger partial charge in [0.25, 0.3) is 0 Å². The second-order valence-corrected chi connectivity index (χ2v) is 7.08. The zero-order valence-electron chi connectivity index (χ0n) is 11.3. The smallest absolute Gasteiger partial charge is 0.224 e. The number of aromatic nitrogens is 2. The second-order valence-electron chi connectivity index (χ2n) is 7.08. The normalized spacial score (nSPS) is 39.5. The summed E-state index contributed by atoms with van der Waals surface area (Å²) < 4.78 is 0. The summed E-state index contributed by atoms with van der Waals surface area (Å²) in [6.45, 7) is 1.03. The molecule has 0 amide bonds. The zero-order chi connectivity index (χ0) is 12.9. The molecule has 4 bridgehead atoms. The lowest BCUT2D eigenvalue weighted by Crippen LogP contribution is -2.49. The van der Waals surface area contributed by atoms with E-state index in [1.807, 2.05) is 0 Å². The summed E-state index contributed by atoms with van der Waals surface area (Å²) in [5, 5.41) is 3.44. The van der Waals surface area contributed by atoms with E-state index in [4.69, 9.17) is 5.73 Å². The van der Waals surface area contributed by atoms with E-state index < -0.39 is 0 Å². The third-order valence-electron chi connectivity index (χ3n) is 5.46. The Kier molecular flexibility index (Phi) is 2.47. The van der Waals surface area contributed by atoms with Crippen LogP contribution in [0.2, 0.25) is 0 Å². The Labute approximate surface area is 114 Å². The van der Waals surface area contributed by atoms with Crippen LogP contribution < -0.4 is 11.1 Å². The number of nitrogen functional groups attached to an aromatic ring is 1. The van der Waals surface area contributed by atoms with Crippen molar-refractivity contribution >= 4 is 11.8 Å². The van der Waals surface area contributed by atoms with Gasteiger partial charge in [0.2, 0.25) is 5.95 Å². The molecule has 102 valence electrons. The molecule has 4 heteroatoms. The Morgan fingerprint density at radius 3 is 2.37 bits per heavy atom. The third-order valence-corrected chi connectivity index (χ3v) is 5.46. The lowest BCUT2D eigenvalue weighted by atomic mass is 9.49. The highest BCUT2D eigenvalue weighted by Gasteiger charge is 2.50. The maximum atomic E-state index is 5.70. The summed E-state index contributed by atoms with van der Waals surface area (Å²) in [6, 6.07) is 1.73. The highest BCUT2D eigenvalue weighted by atomic mass is 15.1. The summed E-state index contributed by atoms with van der Waals surface area (Å²) >= 11 is 0. The zero-order valence-corrected chi connectivity index (χ0v) is 11.3. The molecule has 0 aliphatic heterocycles. The lowest BCUT2D eigenvalue weighted by Gasteiger charge is -2.56. The van der Waals surface area contributed by atoms with Gasteiger partial charge < -0.3 is 11.1 Å². The molecule has 0 saturated heterocycles. The molecule has 5 rings (SSSR count). The first-order valence-corrected chi connectivity index (χ1v) is 7.53. The van der Waals surface area contributed by atoms with E-state index >= 15 is 0 Å². The Morgan fingerprint density at radius 1 is 1.16 bits per heavy atom. The molecule has 0 unspecified atom stereocenters. The first-order valence-electron chi connectivity index (χ1n) is 7.53. The van der Waals surface area contributed by atoms with Crippen LogP contribution in [-0.2, 0) is 0 Å². The molecule has 1 aromatic heterocycles. The van der Waals surface area contributed by atoms with Crippen molar-refractivity contribution < 1.29 is 0 Å². The molecule has 19 heavy (non-hydrogen) atoms. The highest BCUT2D eigenvalue weighted by Crippen LogP contribution is 2.59. The number of nitrogens with two attached hydrogens (primary N) is 1. The summed E-state index contributed by atoms with van der Waals surface area (Å²) in [6.07, 6.45) is 10.4. The van der Waals surface area contributed by atoms with E-state index in [-0.39, 0.29) is 0 Å². The van der Waals surface area contributed by atoms with E-state index in [1.54, 1.807) is 12.3 Å². The predicted molar refractivity (Wildman–Crippen MR) is 75.5 cm³/mol. The van der Waals surface area contributed by atoms with Crippen molar-refractivity contribution in [2.24, 2.45) is 23.2 Å². The van der Waals surface area contributed by atoms with Gasteiger partial charge in [-0.15, -0.1) is 0 Å². The summed E-state index contributed by atoms with van der Waals surface area (Å²) in [5.41, 5.74) is 6.22. The molecule has 4 fully saturated rings. The molecule has 4 saturated carbocycles. The first kappa shape index (κ1) is 11.5. The van der Waals surface area contributed by atoms with Gasteiger partial charge in [-0.1, -0.05) is 0 Å². The van der Waals surface area contributed by atoms with Gasteiger partial charge in [0, 0.05) is 12.7 Å².